The summed E-state index contributed by atoms with van der Waals surface area (Å²) in [6.45, 7) is 4.88. The topological polar surface area (TPSA) is 95.9 Å². The van der Waals surface area contributed by atoms with Gasteiger partial charge in [0.05, 0.1) is 11.4 Å². The maximum absolute atomic E-state index is 13.0. The van der Waals surface area contributed by atoms with Crippen LogP contribution in [0, 0.1) is 30.1 Å². The lowest BCUT2D eigenvalue weighted by molar-refractivity contribution is -0.134. The summed E-state index contributed by atoms with van der Waals surface area (Å²) in [6.07, 6.45) is 5.29. The second kappa shape index (κ2) is 9.83. The van der Waals surface area contributed by atoms with E-state index in [1.807, 2.05) is 0 Å². The minimum atomic E-state index is -4.07. The predicted octanol–water partition coefficient (Wildman–Crippen LogP) is 1.24. The lowest BCUT2D eigenvalue weighted by Gasteiger charge is -2.30. The maximum atomic E-state index is 13.0. The number of amides is 1. The van der Waals surface area contributed by atoms with Gasteiger partial charge in [-0.15, -0.1) is 12.3 Å². The van der Waals surface area contributed by atoms with Gasteiger partial charge in [-0.25, -0.2) is 13.9 Å². The fourth-order valence-corrected chi connectivity index (χ4v) is 3.92. The van der Waals surface area contributed by atoms with Crippen molar-refractivity contribution in [1.82, 2.24) is 9.79 Å². The molecule has 8 heteroatoms. The first-order valence-corrected chi connectivity index (χ1v) is 9.25. The summed E-state index contributed by atoms with van der Waals surface area (Å²) in [4.78, 5) is 11.9. The zero-order chi connectivity index (χ0) is 19.7. The zero-order valence-electron chi connectivity index (χ0n) is 14.9. The van der Waals surface area contributed by atoms with E-state index in [9.17, 15) is 13.2 Å². The van der Waals surface area contributed by atoms with Gasteiger partial charge in [0.25, 0.3) is 5.91 Å². The molecule has 0 aromatic heterocycles. The highest BCUT2D eigenvalue weighted by molar-refractivity contribution is 7.89. The average molecular weight is 378 g/mol. The van der Waals surface area contributed by atoms with Crippen molar-refractivity contribution in [2.24, 2.45) is 5.92 Å². The number of hydrogen-bond acceptors (Lipinski definition) is 5. The maximum Gasteiger partial charge on any atom is 0.262 e. The molecular weight excluding hydrogens is 356 g/mol. The summed E-state index contributed by atoms with van der Waals surface area (Å²) in [5.74, 6) is 6.87. The summed E-state index contributed by atoms with van der Waals surface area (Å²) >= 11 is 0. The molecule has 0 saturated heterocycles. The van der Waals surface area contributed by atoms with Gasteiger partial charge in [0.1, 0.15) is 18.4 Å². The van der Waals surface area contributed by atoms with Gasteiger partial charge in [-0.05, 0) is 37.1 Å². The Balaban J connectivity index is 3.22. The number of sulfonamides is 1. The molecule has 140 valence electrons. The van der Waals surface area contributed by atoms with E-state index >= 15 is 0 Å². The van der Waals surface area contributed by atoms with Gasteiger partial charge >= 0.3 is 0 Å². The second-order valence-corrected chi connectivity index (χ2v) is 7.50. The van der Waals surface area contributed by atoms with Crippen molar-refractivity contribution in [3.63, 3.8) is 0 Å². The number of carbonyl (C=O) groups is 1. The highest BCUT2D eigenvalue weighted by Gasteiger charge is 2.37. The highest BCUT2D eigenvalue weighted by atomic mass is 32.2. The lowest BCUT2D eigenvalue weighted by Crippen LogP contribution is -2.51. The normalized spacial score (nSPS) is 12.0. The molecule has 1 aromatic carbocycles. The molecule has 0 aliphatic carbocycles. The summed E-state index contributed by atoms with van der Waals surface area (Å²) in [5, 5.41) is 8.95. The van der Waals surface area contributed by atoms with Crippen LogP contribution >= 0.6 is 0 Å². The van der Waals surface area contributed by atoms with E-state index < -0.39 is 27.9 Å². The van der Waals surface area contributed by atoms with E-state index in [4.69, 9.17) is 16.4 Å². The minimum absolute atomic E-state index is 0.0435. The van der Waals surface area contributed by atoms with Crippen molar-refractivity contribution in [3.8, 4) is 29.9 Å². The summed E-state index contributed by atoms with van der Waals surface area (Å²) in [5.41, 5.74) is 1.50. The van der Waals surface area contributed by atoms with Crippen molar-refractivity contribution in [3.05, 3.63) is 24.3 Å². The molecule has 1 aromatic rings. The number of nitrogens with zero attached hydrogens (tertiary/aromatic N) is 1. The van der Waals surface area contributed by atoms with Crippen molar-refractivity contribution in [2.45, 2.75) is 31.7 Å². The Morgan fingerprint density at radius 3 is 2.42 bits per heavy atom. The van der Waals surface area contributed by atoms with Crippen LogP contribution in [0.25, 0.3) is 0 Å². The van der Waals surface area contributed by atoms with Crippen molar-refractivity contribution in [1.29, 1.82) is 0 Å². The van der Waals surface area contributed by atoms with E-state index in [2.05, 4.69) is 17.8 Å². The number of benzene rings is 1. The van der Waals surface area contributed by atoms with E-state index in [-0.39, 0.29) is 18.0 Å². The number of hydrogen-bond donors (Lipinski definition) is 2. The molecule has 0 saturated carbocycles. The van der Waals surface area contributed by atoms with Gasteiger partial charge in [-0.3, -0.25) is 10.0 Å². The molecule has 0 radical (unpaired) electrons. The van der Waals surface area contributed by atoms with Gasteiger partial charge in [0.2, 0.25) is 10.0 Å². The van der Waals surface area contributed by atoms with Gasteiger partial charge < -0.3 is 4.74 Å². The van der Waals surface area contributed by atoms with Gasteiger partial charge in [-0.2, -0.15) is 4.31 Å². The average Bonchev–Trinajstić information content (AvgIpc) is 2.61. The van der Waals surface area contributed by atoms with E-state index in [1.165, 1.54) is 29.7 Å². The predicted molar refractivity (Wildman–Crippen MR) is 96.7 cm³/mol. The Morgan fingerprint density at radius 2 is 1.96 bits per heavy atom. The lowest BCUT2D eigenvalue weighted by atomic mass is 10.0. The number of nitrogens with one attached hydrogen (secondary N) is 1. The third kappa shape index (κ3) is 5.24. The summed E-state index contributed by atoms with van der Waals surface area (Å²) in [7, 11) is -4.07. The minimum Gasteiger partial charge on any atom is -0.481 e. The number of rotatable bonds is 8. The van der Waals surface area contributed by atoms with Crippen LogP contribution in [0.2, 0.25) is 0 Å². The van der Waals surface area contributed by atoms with Crippen LogP contribution < -0.4 is 10.2 Å². The van der Waals surface area contributed by atoms with E-state index in [0.29, 0.717) is 5.75 Å². The molecule has 1 rings (SSSR count). The molecule has 0 aliphatic heterocycles. The molecule has 1 amide bonds. The highest BCUT2D eigenvalue weighted by Crippen LogP contribution is 2.24. The number of terminal acetylenes is 1. The third-order valence-corrected chi connectivity index (χ3v) is 5.33. The Kier molecular flexibility index (Phi) is 8.14. The van der Waals surface area contributed by atoms with E-state index in [0.717, 1.165) is 4.31 Å². The van der Waals surface area contributed by atoms with Crippen LogP contribution in [0.1, 0.15) is 20.8 Å². The summed E-state index contributed by atoms with van der Waals surface area (Å²) < 4.78 is 32.2. The molecule has 26 heavy (non-hydrogen) atoms. The second-order valence-electron chi connectivity index (χ2n) is 5.61. The number of ether oxygens (including phenoxy) is 1. The largest absolute Gasteiger partial charge is 0.481 e. The fourth-order valence-electron chi connectivity index (χ4n) is 2.29. The first-order valence-electron chi connectivity index (χ1n) is 7.81. The quantitative estimate of drug-likeness (QED) is 0.403. The van der Waals surface area contributed by atoms with Crippen LogP contribution in [0.3, 0.4) is 0 Å². The monoisotopic (exact) mass is 378 g/mol. The van der Waals surface area contributed by atoms with Crippen LogP contribution in [-0.4, -0.2) is 43.0 Å². The SMILES string of the molecule is C#CCN(C(C(=O)NO)C(C)C)S(=O)(=O)c1ccc(OCC#CC)cc1. The molecule has 1 unspecified atom stereocenters. The first kappa shape index (κ1) is 21.5. The smallest absolute Gasteiger partial charge is 0.262 e. The van der Waals surface area contributed by atoms with Crippen LogP contribution in [0.15, 0.2) is 29.2 Å². The Morgan fingerprint density at radius 1 is 1.35 bits per heavy atom. The molecule has 0 fully saturated rings. The first-order chi connectivity index (χ1) is 12.3. The Hall–Kier alpha value is -2.52. The van der Waals surface area contributed by atoms with Crippen LogP contribution in [0.5, 0.6) is 5.75 Å². The summed E-state index contributed by atoms with van der Waals surface area (Å²) in [6, 6.07) is 4.56. The Bertz CT molecular complexity index is 814. The van der Waals surface area contributed by atoms with Gasteiger partial charge in [-0.1, -0.05) is 25.7 Å². The molecule has 1 atom stereocenters. The van der Waals surface area contributed by atoms with Gasteiger partial charge in [0.15, 0.2) is 0 Å². The van der Waals surface area contributed by atoms with Crippen molar-refractivity contribution >= 4 is 15.9 Å². The number of hydroxylamine groups is 1. The molecule has 0 bridgehead atoms. The zero-order valence-corrected chi connectivity index (χ0v) is 15.7. The van der Waals surface area contributed by atoms with E-state index in [1.54, 1.807) is 20.8 Å². The van der Waals surface area contributed by atoms with Gasteiger partial charge in [0, 0.05) is 0 Å². The number of carbonyl (C=O) groups excluding carboxylic acids is 1. The van der Waals surface area contributed by atoms with Crippen molar-refractivity contribution < 1.29 is 23.2 Å². The van der Waals surface area contributed by atoms with Crippen molar-refractivity contribution in [2.75, 3.05) is 13.2 Å². The molecular formula is C18H22N2O5S. The standard InChI is InChI=1S/C18H22N2O5S/c1-5-7-13-25-15-8-10-16(11-9-15)26(23,24)20(12-6-2)17(14(3)4)18(21)19-22/h2,8-11,14,17,22H,12-13H2,1,3-4H3,(H,19,21). The molecule has 0 heterocycles. The van der Waals surface area contributed by atoms with Crippen LogP contribution in [-0.2, 0) is 14.8 Å². The Labute approximate surface area is 154 Å². The molecule has 7 nitrogen and oxygen atoms in total. The third-order valence-electron chi connectivity index (χ3n) is 3.49. The molecule has 0 spiro atoms. The molecule has 2 N–H and O–H groups in total. The fraction of sp³-hybridized carbons (Fsp3) is 0.389. The molecule has 0 aliphatic rings. The van der Waals surface area contributed by atoms with Crippen LogP contribution in [0.4, 0.5) is 0 Å².